The standard InChI is InChI=1S/C33H38N6O3S2/c1-7-8-14-37-29(36-18-20(2)15-21(3)19-36)25(22(4)26(17-34)30(37)40)16-27-31(41)38(33(43)44-27)28-23(5)35(6)39(32(28)42)24-12-10-9-11-13-24/h9-13,16,20-21H,7-8,14-15,18-19H2,1-6H3/b27-16-. The van der Waals surface area contributed by atoms with Crippen LogP contribution in [0.15, 0.2) is 44.8 Å². The first-order valence-corrected chi connectivity index (χ1v) is 16.3. The van der Waals surface area contributed by atoms with Crippen molar-refractivity contribution < 1.29 is 4.79 Å². The summed E-state index contributed by atoms with van der Waals surface area (Å²) in [4.78, 5) is 45.5. The van der Waals surface area contributed by atoms with Gasteiger partial charge in [0.2, 0.25) is 0 Å². The summed E-state index contributed by atoms with van der Waals surface area (Å²) in [6.45, 7) is 12.1. The highest BCUT2D eigenvalue weighted by Crippen LogP contribution is 2.39. The number of benzene rings is 1. The van der Waals surface area contributed by atoms with Crippen LogP contribution in [0.1, 0.15) is 62.4 Å². The number of unbranched alkanes of at least 4 members (excludes halogenated alkanes) is 1. The van der Waals surface area contributed by atoms with Gasteiger partial charge in [-0.1, -0.05) is 69.4 Å². The van der Waals surface area contributed by atoms with Crippen LogP contribution in [-0.4, -0.2) is 37.2 Å². The Morgan fingerprint density at radius 3 is 2.34 bits per heavy atom. The van der Waals surface area contributed by atoms with Gasteiger partial charge in [-0.15, -0.1) is 0 Å². The SMILES string of the molecule is CCCCn1c(N2CC(C)CC(C)C2)c(/C=C2\SC(=S)N(c3c(C)n(C)n(-c4ccccc4)c3=O)C2=O)c(C)c(C#N)c1=O. The topological polar surface area (TPSA) is 96.3 Å². The third kappa shape index (κ3) is 5.46. The second-order valence-corrected chi connectivity index (χ2v) is 13.6. The molecule has 0 saturated carbocycles. The molecule has 2 saturated heterocycles. The van der Waals surface area contributed by atoms with Gasteiger partial charge in [0.15, 0.2) is 4.32 Å². The molecule has 2 unspecified atom stereocenters. The number of thioether (sulfide) groups is 1. The van der Waals surface area contributed by atoms with Crippen molar-refractivity contribution >= 4 is 51.8 Å². The molecule has 44 heavy (non-hydrogen) atoms. The highest BCUT2D eigenvalue weighted by Gasteiger charge is 2.38. The normalized spacial score (nSPS) is 19.7. The van der Waals surface area contributed by atoms with Crippen LogP contribution in [0.4, 0.5) is 11.5 Å². The first-order chi connectivity index (χ1) is 21.0. The van der Waals surface area contributed by atoms with Crippen LogP contribution >= 0.6 is 24.0 Å². The average Bonchev–Trinajstić information content (AvgIpc) is 3.37. The average molecular weight is 631 g/mol. The molecule has 0 N–H and O–H groups in total. The number of hydrogen-bond donors (Lipinski definition) is 0. The Hall–Kier alpha value is -3.88. The molecular weight excluding hydrogens is 593 g/mol. The quantitative estimate of drug-likeness (QED) is 0.251. The molecule has 3 aromatic rings. The van der Waals surface area contributed by atoms with E-state index in [0.717, 1.165) is 49.9 Å². The van der Waals surface area contributed by atoms with Crippen molar-refractivity contribution in [3.05, 3.63) is 78.3 Å². The Labute approximate surface area is 267 Å². The van der Waals surface area contributed by atoms with Gasteiger partial charge in [-0.25, -0.2) is 4.68 Å². The van der Waals surface area contributed by atoms with Gasteiger partial charge >= 0.3 is 0 Å². The van der Waals surface area contributed by atoms with Crippen molar-refractivity contribution in [3.63, 3.8) is 0 Å². The van der Waals surface area contributed by atoms with Gasteiger partial charge < -0.3 is 4.90 Å². The maximum atomic E-state index is 14.1. The number of pyridine rings is 1. The molecule has 2 atom stereocenters. The Balaban J connectivity index is 1.68. The van der Waals surface area contributed by atoms with Gasteiger partial charge in [0.25, 0.3) is 17.0 Å². The van der Waals surface area contributed by atoms with Crippen molar-refractivity contribution in [2.45, 2.75) is 60.4 Å². The third-order valence-corrected chi connectivity index (χ3v) is 9.87. The molecule has 2 aromatic heterocycles. The van der Waals surface area contributed by atoms with Crippen molar-refractivity contribution in [1.29, 1.82) is 5.26 Å². The van der Waals surface area contributed by atoms with Crippen LogP contribution in [0.3, 0.4) is 0 Å². The number of rotatable bonds is 7. The lowest BCUT2D eigenvalue weighted by Crippen LogP contribution is -2.43. The number of nitriles is 1. The van der Waals surface area contributed by atoms with Crippen molar-refractivity contribution in [3.8, 4) is 11.8 Å². The summed E-state index contributed by atoms with van der Waals surface area (Å²) in [6, 6.07) is 11.4. The van der Waals surface area contributed by atoms with E-state index in [4.69, 9.17) is 12.2 Å². The zero-order valence-electron chi connectivity index (χ0n) is 26.1. The van der Waals surface area contributed by atoms with Crippen LogP contribution in [0.2, 0.25) is 0 Å². The fourth-order valence-corrected chi connectivity index (χ4v) is 7.70. The molecule has 0 spiro atoms. The molecule has 11 heteroatoms. The number of nitrogens with zero attached hydrogens (tertiary/aromatic N) is 6. The van der Waals surface area contributed by atoms with Gasteiger partial charge in [-0.05, 0) is 62.3 Å². The lowest BCUT2D eigenvalue weighted by molar-refractivity contribution is -0.113. The largest absolute Gasteiger partial charge is 0.357 e. The summed E-state index contributed by atoms with van der Waals surface area (Å²) in [6.07, 6.45) is 4.53. The minimum Gasteiger partial charge on any atom is -0.357 e. The number of anilines is 2. The van der Waals surface area contributed by atoms with Crippen LogP contribution in [0.25, 0.3) is 11.8 Å². The molecule has 4 heterocycles. The number of amides is 1. The van der Waals surface area contributed by atoms with Gasteiger partial charge in [0.05, 0.1) is 16.3 Å². The van der Waals surface area contributed by atoms with Crippen molar-refractivity contribution in [2.24, 2.45) is 18.9 Å². The summed E-state index contributed by atoms with van der Waals surface area (Å²) in [5.74, 6) is 1.18. The number of aromatic nitrogens is 3. The highest BCUT2D eigenvalue weighted by atomic mass is 32.2. The molecule has 0 bridgehead atoms. The minimum absolute atomic E-state index is 0.0781. The van der Waals surface area contributed by atoms with Crippen molar-refractivity contribution in [2.75, 3.05) is 22.9 Å². The Kier molecular flexibility index (Phi) is 9.05. The monoisotopic (exact) mass is 630 g/mol. The van der Waals surface area contributed by atoms with E-state index in [9.17, 15) is 19.6 Å². The second kappa shape index (κ2) is 12.6. The van der Waals surface area contributed by atoms with Gasteiger partial charge in [-0.3, -0.25) is 28.5 Å². The number of piperidine rings is 1. The number of para-hydroxylation sites is 1. The molecule has 0 radical (unpaired) electrons. The summed E-state index contributed by atoms with van der Waals surface area (Å²) < 4.78 is 5.23. The van der Waals surface area contributed by atoms with Crippen LogP contribution in [-0.2, 0) is 18.4 Å². The fourth-order valence-electron chi connectivity index (χ4n) is 6.45. The first kappa shape index (κ1) is 31.5. The second-order valence-electron chi connectivity index (χ2n) is 11.9. The molecule has 1 aromatic carbocycles. The predicted molar refractivity (Wildman–Crippen MR) is 182 cm³/mol. The predicted octanol–water partition coefficient (Wildman–Crippen LogP) is 5.51. The van der Waals surface area contributed by atoms with E-state index in [1.54, 1.807) is 36.2 Å². The van der Waals surface area contributed by atoms with Gasteiger partial charge in [0.1, 0.15) is 23.1 Å². The Morgan fingerprint density at radius 2 is 1.73 bits per heavy atom. The first-order valence-electron chi connectivity index (χ1n) is 15.0. The minimum atomic E-state index is -0.401. The fraction of sp³-hybridized carbons (Fsp3) is 0.424. The van der Waals surface area contributed by atoms with Gasteiger partial charge in [0, 0.05) is 32.2 Å². The number of hydrogen-bond acceptors (Lipinski definition) is 7. The zero-order valence-corrected chi connectivity index (χ0v) is 27.7. The Morgan fingerprint density at radius 1 is 1.07 bits per heavy atom. The van der Waals surface area contributed by atoms with Crippen LogP contribution in [0.5, 0.6) is 0 Å². The third-order valence-electron chi connectivity index (χ3n) is 8.57. The summed E-state index contributed by atoms with van der Waals surface area (Å²) in [5.41, 5.74) is 2.14. The van der Waals surface area contributed by atoms with Crippen LogP contribution in [0, 0.1) is 37.0 Å². The molecule has 1 amide bonds. The molecule has 9 nitrogen and oxygen atoms in total. The molecule has 2 aliphatic heterocycles. The molecule has 5 rings (SSSR count). The number of thiocarbonyl (C=S) groups is 1. The van der Waals surface area contributed by atoms with E-state index in [2.05, 4.69) is 31.7 Å². The van der Waals surface area contributed by atoms with Gasteiger partial charge in [-0.2, -0.15) is 5.26 Å². The lowest BCUT2D eigenvalue weighted by atomic mass is 9.91. The molecule has 2 fully saturated rings. The van der Waals surface area contributed by atoms with E-state index in [1.165, 1.54) is 9.58 Å². The maximum Gasteiger partial charge on any atom is 0.296 e. The van der Waals surface area contributed by atoms with E-state index >= 15 is 0 Å². The van der Waals surface area contributed by atoms with E-state index in [0.29, 0.717) is 45.8 Å². The highest BCUT2D eigenvalue weighted by molar-refractivity contribution is 8.27. The number of carbonyl (C=O) groups is 1. The van der Waals surface area contributed by atoms with E-state index < -0.39 is 5.91 Å². The lowest BCUT2D eigenvalue weighted by Gasteiger charge is -2.39. The summed E-state index contributed by atoms with van der Waals surface area (Å²) in [7, 11) is 1.78. The summed E-state index contributed by atoms with van der Waals surface area (Å²) in [5, 5.41) is 10.0. The van der Waals surface area contributed by atoms with Crippen LogP contribution < -0.4 is 20.9 Å². The molecular formula is C33H38N6O3S2. The maximum absolute atomic E-state index is 14.1. The zero-order chi connectivity index (χ0) is 31.9. The number of carbonyl (C=O) groups excluding carboxylic acids is 1. The summed E-state index contributed by atoms with van der Waals surface area (Å²) >= 11 is 6.84. The van der Waals surface area contributed by atoms with E-state index in [-0.39, 0.29) is 26.7 Å². The molecule has 230 valence electrons. The van der Waals surface area contributed by atoms with E-state index in [1.807, 2.05) is 30.3 Å². The van der Waals surface area contributed by atoms with Crippen molar-refractivity contribution in [1.82, 2.24) is 13.9 Å². The molecule has 0 aliphatic carbocycles. The smallest absolute Gasteiger partial charge is 0.296 e. The molecule has 2 aliphatic rings. The Bertz CT molecular complexity index is 1820.